The Morgan fingerprint density at radius 3 is 3.05 bits per heavy atom. The third kappa shape index (κ3) is 3.99. The van der Waals surface area contributed by atoms with E-state index in [4.69, 9.17) is 15.6 Å². The van der Waals surface area contributed by atoms with Crippen molar-refractivity contribution in [2.24, 2.45) is 0 Å². The van der Waals surface area contributed by atoms with Crippen LogP contribution in [0.4, 0.5) is 14.6 Å². The van der Waals surface area contributed by atoms with Gasteiger partial charge in [0.2, 0.25) is 0 Å². The topological polar surface area (TPSA) is 102 Å². The van der Waals surface area contributed by atoms with Gasteiger partial charge in [-0.05, 0) is 13.0 Å². The van der Waals surface area contributed by atoms with Crippen LogP contribution in [0.2, 0.25) is 0 Å². The summed E-state index contributed by atoms with van der Waals surface area (Å²) in [4.78, 5) is 15.1. The quantitative estimate of drug-likeness (QED) is 0.659. The number of halogens is 2. The lowest BCUT2D eigenvalue weighted by atomic mass is 10.1. The summed E-state index contributed by atoms with van der Waals surface area (Å²) in [6.07, 6.45) is -1.18. The van der Waals surface area contributed by atoms with Crippen LogP contribution in [0.3, 0.4) is 0 Å². The fraction of sp³-hybridized carbons (Fsp3) is 0.692. The van der Waals surface area contributed by atoms with Crippen molar-refractivity contribution in [1.82, 2.24) is 14.9 Å². The molecule has 1 aliphatic heterocycles. The molecule has 1 aromatic heterocycles. The molecular formula is C13H20F2N4O3. The molecule has 0 spiro atoms. The molecular weight excluding hydrogens is 298 g/mol. The lowest BCUT2D eigenvalue weighted by Crippen LogP contribution is -2.37. The molecule has 9 heteroatoms. The van der Waals surface area contributed by atoms with Gasteiger partial charge in [-0.3, -0.25) is 4.57 Å². The zero-order chi connectivity index (χ0) is 16.3. The minimum absolute atomic E-state index is 0.0421. The highest BCUT2D eigenvalue weighted by Crippen LogP contribution is 2.36. The lowest BCUT2D eigenvalue weighted by molar-refractivity contribution is -0.0814. The number of alkyl halides is 2. The molecule has 22 heavy (non-hydrogen) atoms. The predicted molar refractivity (Wildman–Crippen MR) is 75.7 cm³/mol. The number of nitrogen functional groups attached to an aromatic ring is 1. The molecule has 0 bridgehead atoms. The summed E-state index contributed by atoms with van der Waals surface area (Å²) in [5.74, 6) is -2.99. The van der Waals surface area contributed by atoms with Crippen molar-refractivity contribution in [3.8, 4) is 0 Å². The first kappa shape index (κ1) is 16.8. The van der Waals surface area contributed by atoms with Crippen LogP contribution in [0.5, 0.6) is 0 Å². The number of hydrogen-bond donors (Lipinski definition) is 3. The van der Waals surface area contributed by atoms with Crippen molar-refractivity contribution in [1.29, 1.82) is 0 Å². The maximum absolute atomic E-state index is 14.0. The average molecular weight is 318 g/mol. The highest BCUT2D eigenvalue weighted by atomic mass is 19.3. The van der Waals surface area contributed by atoms with Gasteiger partial charge in [0.15, 0.2) is 0 Å². The van der Waals surface area contributed by atoms with Gasteiger partial charge in [-0.1, -0.05) is 0 Å². The van der Waals surface area contributed by atoms with E-state index in [1.807, 2.05) is 0 Å². The molecule has 0 saturated carbocycles. The van der Waals surface area contributed by atoms with E-state index in [1.165, 1.54) is 12.3 Å². The van der Waals surface area contributed by atoms with Gasteiger partial charge in [0.25, 0.3) is 5.92 Å². The molecule has 1 fully saturated rings. The fourth-order valence-corrected chi connectivity index (χ4v) is 2.27. The SMILES string of the molecule is CC(CO)NC[C@@H]1CC(F)(F)C(Cn2ccc(N)nc2=O)O1. The van der Waals surface area contributed by atoms with Crippen LogP contribution >= 0.6 is 0 Å². The van der Waals surface area contributed by atoms with E-state index >= 15 is 0 Å². The number of nitrogens with zero attached hydrogens (tertiary/aromatic N) is 2. The highest BCUT2D eigenvalue weighted by Gasteiger charge is 2.50. The average Bonchev–Trinajstić information content (AvgIpc) is 2.73. The maximum atomic E-state index is 14.0. The molecule has 7 nitrogen and oxygen atoms in total. The number of aliphatic hydroxyl groups is 1. The Morgan fingerprint density at radius 2 is 2.41 bits per heavy atom. The second-order valence-electron chi connectivity index (χ2n) is 5.49. The zero-order valence-electron chi connectivity index (χ0n) is 12.2. The van der Waals surface area contributed by atoms with Crippen LogP contribution in [-0.2, 0) is 11.3 Å². The van der Waals surface area contributed by atoms with Gasteiger partial charge in [-0.25, -0.2) is 13.6 Å². The van der Waals surface area contributed by atoms with Crippen molar-refractivity contribution >= 4 is 5.82 Å². The summed E-state index contributed by atoms with van der Waals surface area (Å²) >= 11 is 0. The van der Waals surface area contributed by atoms with Crippen molar-refractivity contribution in [3.63, 3.8) is 0 Å². The summed E-state index contributed by atoms with van der Waals surface area (Å²) in [6, 6.07) is 1.18. The number of ether oxygens (including phenoxy) is 1. The third-order valence-corrected chi connectivity index (χ3v) is 3.55. The lowest BCUT2D eigenvalue weighted by Gasteiger charge is -2.18. The van der Waals surface area contributed by atoms with Gasteiger partial charge in [0.05, 0.1) is 19.3 Å². The number of nitrogens with one attached hydrogen (secondary N) is 1. The minimum atomic E-state index is -3.03. The van der Waals surface area contributed by atoms with Crippen molar-refractivity contribution in [2.75, 3.05) is 18.9 Å². The molecule has 0 radical (unpaired) electrons. The van der Waals surface area contributed by atoms with Crippen molar-refractivity contribution in [3.05, 3.63) is 22.7 Å². The smallest absolute Gasteiger partial charge is 0.349 e. The molecule has 0 amide bonds. The van der Waals surface area contributed by atoms with E-state index in [0.29, 0.717) is 0 Å². The van der Waals surface area contributed by atoms with Gasteiger partial charge >= 0.3 is 5.69 Å². The van der Waals surface area contributed by atoms with Crippen LogP contribution in [0.1, 0.15) is 13.3 Å². The first-order valence-electron chi connectivity index (χ1n) is 7.02. The largest absolute Gasteiger partial charge is 0.395 e. The van der Waals surface area contributed by atoms with Gasteiger partial charge in [0.1, 0.15) is 11.9 Å². The number of nitrogens with two attached hydrogens (primary N) is 1. The molecule has 1 aliphatic rings. The molecule has 124 valence electrons. The molecule has 0 aromatic carbocycles. The molecule has 0 aliphatic carbocycles. The van der Waals surface area contributed by atoms with Crippen LogP contribution in [0, 0.1) is 0 Å². The monoisotopic (exact) mass is 318 g/mol. The third-order valence-electron chi connectivity index (χ3n) is 3.55. The van der Waals surface area contributed by atoms with E-state index in [-0.39, 0.29) is 31.6 Å². The zero-order valence-corrected chi connectivity index (χ0v) is 12.2. The molecule has 2 heterocycles. The molecule has 1 saturated heterocycles. The Morgan fingerprint density at radius 1 is 1.68 bits per heavy atom. The molecule has 2 unspecified atom stereocenters. The Hall–Kier alpha value is -1.58. The van der Waals surface area contributed by atoms with Crippen LogP contribution in [-0.4, -0.2) is 52.0 Å². The van der Waals surface area contributed by atoms with Gasteiger partial charge in [0, 0.05) is 25.2 Å². The fourth-order valence-electron chi connectivity index (χ4n) is 2.27. The summed E-state index contributed by atoms with van der Waals surface area (Å²) in [6.45, 7) is 1.58. The van der Waals surface area contributed by atoms with E-state index < -0.39 is 30.2 Å². The maximum Gasteiger partial charge on any atom is 0.349 e. The first-order valence-corrected chi connectivity index (χ1v) is 7.02. The Bertz CT molecular complexity index is 566. The number of rotatable bonds is 6. The Kier molecular flexibility index (Phi) is 5.09. The summed E-state index contributed by atoms with van der Waals surface area (Å²) in [5.41, 5.74) is 4.67. The predicted octanol–water partition coefficient (Wildman–Crippen LogP) is -0.411. The normalized spacial score (nSPS) is 25.3. The van der Waals surface area contributed by atoms with Gasteiger partial charge < -0.3 is 20.9 Å². The number of aliphatic hydroxyl groups excluding tert-OH is 1. The molecule has 4 N–H and O–H groups in total. The highest BCUT2D eigenvalue weighted by molar-refractivity contribution is 5.23. The minimum Gasteiger partial charge on any atom is -0.395 e. The molecule has 1 aromatic rings. The van der Waals surface area contributed by atoms with Crippen LogP contribution < -0.4 is 16.7 Å². The molecule has 3 atom stereocenters. The van der Waals surface area contributed by atoms with E-state index in [1.54, 1.807) is 6.92 Å². The number of anilines is 1. The Labute approximate surface area is 126 Å². The first-order chi connectivity index (χ1) is 10.3. The summed E-state index contributed by atoms with van der Waals surface area (Å²) in [7, 11) is 0. The standard InChI is InChI=1S/C13H20F2N4O3/c1-8(7-20)17-5-9-4-13(14,15)10(22-9)6-19-3-2-11(16)18-12(19)21/h2-3,8-10,17,20H,4-7H2,1H3,(H2,16,18,21)/t8?,9-,10?/m0/s1. The Balaban J connectivity index is 2.00. The van der Waals surface area contributed by atoms with Gasteiger partial charge in [-0.2, -0.15) is 4.98 Å². The van der Waals surface area contributed by atoms with E-state index in [9.17, 15) is 13.6 Å². The van der Waals surface area contributed by atoms with Crippen molar-refractivity contribution in [2.45, 2.75) is 44.1 Å². The van der Waals surface area contributed by atoms with E-state index in [2.05, 4.69) is 10.3 Å². The van der Waals surface area contributed by atoms with Gasteiger partial charge in [-0.15, -0.1) is 0 Å². The number of hydrogen-bond acceptors (Lipinski definition) is 6. The summed E-state index contributed by atoms with van der Waals surface area (Å²) < 4.78 is 34.4. The van der Waals surface area contributed by atoms with E-state index in [0.717, 1.165) is 4.57 Å². The van der Waals surface area contributed by atoms with Crippen LogP contribution in [0.15, 0.2) is 17.1 Å². The summed E-state index contributed by atoms with van der Waals surface area (Å²) in [5, 5.41) is 11.8. The van der Waals surface area contributed by atoms with Crippen molar-refractivity contribution < 1.29 is 18.6 Å². The number of aromatic nitrogens is 2. The van der Waals surface area contributed by atoms with Crippen LogP contribution in [0.25, 0.3) is 0 Å². The second-order valence-corrected chi connectivity index (χ2v) is 5.49. The molecule has 2 rings (SSSR count). The second kappa shape index (κ2) is 6.67.